The van der Waals surface area contributed by atoms with E-state index < -0.39 is 11.7 Å². The molecule has 0 fully saturated rings. The van der Waals surface area contributed by atoms with Crippen LogP contribution in [-0.2, 0) is 0 Å². The lowest BCUT2D eigenvalue weighted by molar-refractivity contribution is 0.0988. The molecule has 0 N–H and O–H groups in total. The van der Waals surface area contributed by atoms with Gasteiger partial charge in [0.1, 0.15) is 11.6 Å². The number of para-hydroxylation sites is 2. The van der Waals surface area contributed by atoms with Gasteiger partial charge in [-0.3, -0.25) is 4.79 Å². The zero-order valence-electron chi connectivity index (χ0n) is 11.1. The molecule has 5 heteroatoms. The van der Waals surface area contributed by atoms with Crippen molar-refractivity contribution >= 4 is 27.5 Å². The van der Waals surface area contributed by atoms with Crippen molar-refractivity contribution in [2.24, 2.45) is 0 Å². The Labute approximate surface area is 125 Å². The number of amides is 1. The van der Waals surface area contributed by atoms with Crippen molar-refractivity contribution in [2.75, 3.05) is 19.1 Å². The first-order valence-corrected chi connectivity index (χ1v) is 6.70. The number of carbonyl (C=O) groups is 1. The van der Waals surface area contributed by atoms with E-state index in [0.717, 1.165) is 0 Å². The molecule has 0 spiro atoms. The third-order valence-electron chi connectivity index (χ3n) is 2.93. The molecule has 1 amide bonds. The highest BCUT2D eigenvalue weighted by Crippen LogP contribution is 2.28. The first kappa shape index (κ1) is 14.5. The van der Waals surface area contributed by atoms with Gasteiger partial charge in [0.05, 0.1) is 22.8 Å². The molecule has 20 heavy (non-hydrogen) atoms. The number of rotatable bonds is 3. The maximum atomic E-state index is 14.0. The molecule has 0 saturated heterocycles. The second-order valence-corrected chi connectivity index (χ2v) is 4.99. The van der Waals surface area contributed by atoms with Crippen LogP contribution in [0.1, 0.15) is 10.4 Å². The Hall–Kier alpha value is -1.88. The summed E-state index contributed by atoms with van der Waals surface area (Å²) in [6, 6.07) is 11.7. The van der Waals surface area contributed by atoms with E-state index in [0.29, 0.717) is 11.4 Å². The Balaban J connectivity index is 2.40. The van der Waals surface area contributed by atoms with E-state index in [1.807, 2.05) is 0 Å². The normalized spacial score (nSPS) is 10.2. The highest BCUT2D eigenvalue weighted by molar-refractivity contribution is 9.10. The van der Waals surface area contributed by atoms with Crippen molar-refractivity contribution in [3.05, 3.63) is 58.3 Å². The fourth-order valence-electron chi connectivity index (χ4n) is 1.87. The predicted octanol–water partition coefficient (Wildman–Crippen LogP) is 3.87. The highest BCUT2D eigenvalue weighted by Gasteiger charge is 2.20. The molecule has 0 radical (unpaired) electrons. The fraction of sp³-hybridized carbons (Fsp3) is 0.133. The first-order chi connectivity index (χ1) is 9.56. The van der Waals surface area contributed by atoms with Gasteiger partial charge in [-0.1, -0.05) is 18.2 Å². The molecular weight excluding hydrogens is 325 g/mol. The van der Waals surface area contributed by atoms with Crippen LogP contribution in [0.5, 0.6) is 5.75 Å². The van der Waals surface area contributed by atoms with Gasteiger partial charge >= 0.3 is 0 Å². The Morgan fingerprint density at radius 3 is 2.60 bits per heavy atom. The van der Waals surface area contributed by atoms with Crippen LogP contribution < -0.4 is 9.64 Å². The second-order valence-electron chi connectivity index (χ2n) is 4.14. The summed E-state index contributed by atoms with van der Waals surface area (Å²) in [6.07, 6.45) is 0. The van der Waals surface area contributed by atoms with Gasteiger partial charge in [-0.15, -0.1) is 0 Å². The minimum atomic E-state index is -0.570. The topological polar surface area (TPSA) is 29.5 Å². The van der Waals surface area contributed by atoms with Gasteiger partial charge in [-0.2, -0.15) is 0 Å². The summed E-state index contributed by atoms with van der Waals surface area (Å²) >= 11 is 3.08. The summed E-state index contributed by atoms with van der Waals surface area (Å²) in [6.45, 7) is 0. The van der Waals surface area contributed by atoms with Crippen LogP contribution in [0.15, 0.2) is 46.9 Å². The maximum Gasteiger partial charge on any atom is 0.261 e. The molecule has 2 aromatic rings. The van der Waals surface area contributed by atoms with Crippen LogP contribution in [0.25, 0.3) is 0 Å². The minimum Gasteiger partial charge on any atom is -0.495 e. The molecule has 0 atom stereocenters. The van der Waals surface area contributed by atoms with Gasteiger partial charge in [0, 0.05) is 7.05 Å². The maximum absolute atomic E-state index is 14.0. The molecule has 0 aliphatic carbocycles. The predicted molar refractivity (Wildman–Crippen MR) is 79.8 cm³/mol. The van der Waals surface area contributed by atoms with Gasteiger partial charge in [-0.25, -0.2) is 4.39 Å². The number of carbonyl (C=O) groups excluding carboxylic acids is 1. The number of hydrogen-bond acceptors (Lipinski definition) is 2. The molecule has 3 nitrogen and oxygen atoms in total. The molecule has 0 saturated carbocycles. The lowest BCUT2D eigenvalue weighted by Crippen LogP contribution is -2.27. The molecule has 2 aromatic carbocycles. The lowest BCUT2D eigenvalue weighted by atomic mass is 10.1. The number of halogens is 2. The molecule has 0 aliphatic rings. The molecule has 2 rings (SSSR count). The first-order valence-electron chi connectivity index (χ1n) is 5.91. The zero-order valence-corrected chi connectivity index (χ0v) is 12.6. The van der Waals surface area contributed by atoms with Crippen molar-refractivity contribution in [1.82, 2.24) is 0 Å². The van der Waals surface area contributed by atoms with E-state index in [-0.39, 0.29) is 10.0 Å². The monoisotopic (exact) mass is 337 g/mol. The van der Waals surface area contributed by atoms with Gasteiger partial charge < -0.3 is 9.64 Å². The van der Waals surface area contributed by atoms with Crippen LogP contribution in [0.3, 0.4) is 0 Å². The van der Waals surface area contributed by atoms with E-state index in [1.54, 1.807) is 43.4 Å². The van der Waals surface area contributed by atoms with E-state index in [2.05, 4.69) is 15.9 Å². The van der Waals surface area contributed by atoms with Crippen LogP contribution in [0, 0.1) is 5.82 Å². The van der Waals surface area contributed by atoms with Crippen LogP contribution in [0.2, 0.25) is 0 Å². The summed E-state index contributed by atoms with van der Waals surface area (Å²) in [5, 5.41) is 0. The van der Waals surface area contributed by atoms with E-state index in [1.165, 1.54) is 18.1 Å². The Morgan fingerprint density at radius 1 is 1.20 bits per heavy atom. The molecule has 104 valence electrons. The van der Waals surface area contributed by atoms with Crippen molar-refractivity contribution in [3.63, 3.8) is 0 Å². The summed E-state index contributed by atoms with van der Waals surface area (Å²) < 4.78 is 19.5. The standard InChI is InChI=1S/C15H13BrFNO2/c1-18(12-8-3-4-9-13(12)20-2)15(19)10-6-5-7-11(16)14(10)17/h3-9H,1-2H3. The Kier molecular flexibility index (Phi) is 4.39. The average Bonchev–Trinajstić information content (AvgIpc) is 2.48. The van der Waals surface area contributed by atoms with Crippen LogP contribution in [0.4, 0.5) is 10.1 Å². The summed E-state index contributed by atoms with van der Waals surface area (Å²) in [5.74, 6) is -0.452. The summed E-state index contributed by atoms with van der Waals surface area (Å²) in [7, 11) is 3.11. The Bertz CT molecular complexity index is 646. The second kappa shape index (κ2) is 6.05. The van der Waals surface area contributed by atoms with Gasteiger partial charge in [-0.05, 0) is 40.2 Å². The van der Waals surface area contributed by atoms with Crippen LogP contribution in [-0.4, -0.2) is 20.1 Å². The number of hydrogen-bond donors (Lipinski definition) is 0. The van der Waals surface area contributed by atoms with Gasteiger partial charge in [0.25, 0.3) is 5.91 Å². The smallest absolute Gasteiger partial charge is 0.261 e. The zero-order chi connectivity index (χ0) is 14.7. The van der Waals surface area contributed by atoms with Crippen molar-refractivity contribution in [3.8, 4) is 5.75 Å². The molecule has 0 aromatic heterocycles. The van der Waals surface area contributed by atoms with Crippen molar-refractivity contribution in [1.29, 1.82) is 0 Å². The molecule has 0 heterocycles. The molecular formula is C15H13BrFNO2. The molecule has 0 bridgehead atoms. The minimum absolute atomic E-state index is 0.00720. The van der Waals surface area contributed by atoms with E-state index >= 15 is 0 Å². The number of anilines is 1. The fourth-order valence-corrected chi connectivity index (χ4v) is 2.23. The van der Waals surface area contributed by atoms with E-state index in [9.17, 15) is 9.18 Å². The lowest BCUT2D eigenvalue weighted by Gasteiger charge is -2.20. The quantitative estimate of drug-likeness (QED) is 0.850. The largest absolute Gasteiger partial charge is 0.495 e. The summed E-state index contributed by atoms with van der Waals surface area (Å²) in [5.41, 5.74) is 0.590. The van der Waals surface area contributed by atoms with Crippen LogP contribution >= 0.6 is 15.9 Å². The highest BCUT2D eigenvalue weighted by atomic mass is 79.9. The third kappa shape index (κ3) is 2.67. The number of methoxy groups -OCH3 is 1. The number of ether oxygens (including phenoxy) is 1. The Morgan fingerprint density at radius 2 is 1.90 bits per heavy atom. The van der Waals surface area contributed by atoms with Crippen molar-refractivity contribution in [2.45, 2.75) is 0 Å². The number of benzene rings is 2. The summed E-state index contributed by atoms with van der Waals surface area (Å²) in [4.78, 5) is 13.8. The SMILES string of the molecule is COc1ccccc1N(C)C(=O)c1cccc(Br)c1F. The average molecular weight is 338 g/mol. The van der Waals surface area contributed by atoms with Gasteiger partial charge in [0.15, 0.2) is 0 Å². The molecule has 0 aliphatic heterocycles. The van der Waals surface area contributed by atoms with Crippen molar-refractivity contribution < 1.29 is 13.9 Å². The molecule has 0 unspecified atom stereocenters. The number of nitrogens with zero attached hydrogens (tertiary/aromatic N) is 1. The van der Waals surface area contributed by atoms with E-state index in [4.69, 9.17) is 4.74 Å². The van der Waals surface area contributed by atoms with Gasteiger partial charge in [0.2, 0.25) is 0 Å². The third-order valence-corrected chi connectivity index (χ3v) is 3.55.